The average Bonchev–Trinajstić information content (AvgIpc) is 2.84. The Morgan fingerprint density at radius 2 is 2.46 bits per heavy atom. The first-order valence-electron chi connectivity index (χ1n) is 5.10. The van der Waals surface area contributed by atoms with Crippen LogP contribution in [0.15, 0.2) is 11.6 Å². The molecule has 0 aliphatic heterocycles. The van der Waals surface area contributed by atoms with Crippen molar-refractivity contribution in [1.29, 1.82) is 0 Å². The number of ether oxygens (including phenoxy) is 1. The van der Waals surface area contributed by atoms with Crippen LogP contribution in [0.5, 0.6) is 0 Å². The van der Waals surface area contributed by atoms with Gasteiger partial charge in [0, 0.05) is 5.57 Å². The van der Waals surface area contributed by atoms with Gasteiger partial charge in [-0.25, -0.2) is 4.79 Å². The van der Waals surface area contributed by atoms with Crippen molar-refractivity contribution in [2.45, 2.75) is 26.7 Å². The maximum absolute atomic E-state index is 11.4. The third kappa shape index (κ3) is 1.62. The van der Waals surface area contributed by atoms with Crippen molar-refractivity contribution in [3.05, 3.63) is 11.6 Å². The molecule has 0 aromatic heterocycles. The molecule has 2 nitrogen and oxygen atoms in total. The Labute approximate surface area is 79.0 Å². The molecular formula is C11H16O2. The molecule has 0 aromatic carbocycles. The van der Waals surface area contributed by atoms with Crippen LogP contribution >= 0.6 is 0 Å². The molecule has 72 valence electrons. The summed E-state index contributed by atoms with van der Waals surface area (Å²) in [5.41, 5.74) is 0.910. The average molecular weight is 180 g/mol. The highest BCUT2D eigenvalue weighted by atomic mass is 16.5. The van der Waals surface area contributed by atoms with E-state index < -0.39 is 0 Å². The molecule has 1 saturated carbocycles. The molecular weight excluding hydrogens is 164 g/mol. The predicted octanol–water partition coefficient (Wildman–Crippen LogP) is 2.15. The molecule has 13 heavy (non-hydrogen) atoms. The van der Waals surface area contributed by atoms with Crippen LogP contribution in [0.25, 0.3) is 0 Å². The molecule has 0 heterocycles. The third-order valence-corrected chi connectivity index (χ3v) is 3.12. The number of hydrogen-bond acceptors (Lipinski definition) is 2. The molecule has 0 radical (unpaired) electrons. The molecule has 3 unspecified atom stereocenters. The predicted molar refractivity (Wildman–Crippen MR) is 50.1 cm³/mol. The number of carbonyl (C=O) groups is 1. The molecule has 3 atom stereocenters. The van der Waals surface area contributed by atoms with Crippen LogP contribution in [-0.2, 0) is 9.53 Å². The van der Waals surface area contributed by atoms with Crippen molar-refractivity contribution in [1.82, 2.24) is 0 Å². The van der Waals surface area contributed by atoms with Gasteiger partial charge in [-0.1, -0.05) is 13.0 Å². The topological polar surface area (TPSA) is 26.3 Å². The summed E-state index contributed by atoms with van der Waals surface area (Å²) in [6.45, 7) is 4.57. The molecule has 1 fully saturated rings. The van der Waals surface area contributed by atoms with E-state index in [2.05, 4.69) is 13.0 Å². The summed E-state index contributed by atoms with van der Waals surface area (Å²) in [4.78, 5) is 11.4. The number of esters is 1. The van der Waals surface area contributed by atoms with Gasteiger partial charge in [0.15, 0.2) is 0 Å². The highest BCUT2D eigenvalue weighted by molar-refractivity contribution is 5.88. The van der Waals surface area contributed by atoms with Gasteiger partial charge < -0.3 is 4.74 Å². The van der Waals surface area contributed by atoms with Gasteiger partial charge in [-0.2, -0.15) is 0 Å². The van der Waals surface area contributed by atoms with Crippen molar-refractivity contribution in [3.8, 4) is 0 Å². The van der Waals surface area contributed by atoms with E-state index in [0.29, 0.717) is 18.4 Å². The summed E-state index contributed by atoms with van der Waals surface area (Å²) in [6.07, 6.45) is 4.33. The van der Waals surface area contributed by atoms with Crippen molar-refractivity contribution < 1.29 is 9.53 Å². The van der Waals surface area contributed by atoms with E-state index in [-0.39, 0.29) is 5.97 Å². The second kappa shape index (κ2) is 3.17. The molecule has 0 spiro atoms. The van der Waals surface area contributed by atoms with Crippen molar-refractivity contribution in [3.63, 3.8) is 0 Å². The number of hydrogen-bond donors (Lipinski definition) is 0. The van der Waals surface area contributed by atoms with Crippen molar-refractivity contribution in [2.24, 2.45) is 17.8 Å². The Hall–Kier alpha value is -0.790. The van der Waals surface area contributed by atoms with E-state index in [0.717, 1.165) is 17.9 Å². The van der Waals surface area contributed by atoms with Gasteiger partial charge >= 0.3 is 5.97 Å². The lowest BCUT2D eigenvalue weighted by molar-refractivity contribution is -0.138. The van der Waals surface area contributed by atoms with Crippen LogP contribution in [0.1, 0.15) is 26.7 Å². The minimum Gasteiger partial charge on any atom is -0.463 e. The maximum atomic E-state index is 11.4. The summed E-state index contributed by atoms with van der Waals surface area (Å²) in [6, 6.07) is 0. The summed E-state index contributed by atoms with van der Waals surface area (Å²) in [5.74, 6) is 2.12. The molecule has 0 N–H and O–H groups in total. The normalized spacial score (nSPS) is 36.2. The van der Waals surface area contributed by atoms with Crippen molar-refractivity contribution >= 4 is 5.97 Å². The largest absolute Gasteiger partial charge is 0.463 e. The third-order valence-electron chi connectivity index (χ3n) is 3.12. The SMILES string of the molecule is CCOC(=O)C1=CC2CC2C(C)C1. The van der Waals surface area contributed by atoms with Crippen LogP contribution < -0.4 is 0 Å². The monoisotopic (exact) mass is 180 g/mol. The number of allylic oxidation sites excluding steroid dienone is 1. The van der Waals surface area contributed by atoms with E-state index >= 15 is 0 Å². The zero-order chi connectivity index (χ0) is 9.42. The fourth-order valence-electron chi connectivity index (χ4n) is 2.28. The molecule has 0 amide bonds. The first-order chi connectivity index (χ1) is 6.22. The maximum Gasteiger partial charge on any atom is 0.333 e. The highest BCUT2D eigenvalue weighted by Crippen LogP contribution is 2.51. The fourth-order valence-corrected chi connectivity index (χ4v) is 2.28. The van der Waals surface area contributed by atoms with E-state index in [1.165, 1.54) is 6.42 Å². The summed E-state index contributed by atoms with van der Waals surface area (Å²) >= 11 is 0. The molecule has 2 rings (SSSR count). The van der Waals surface area contributed by atoms with Crippen molar-refractivity contribution in [2.75, 3.05) is 6.61 Å². The van der Waals surface area contributed by atoms with Crippen LogP contribution in [0, 0.1) is 17.8 Å². The lowest BCUT2D eigenvalue weighted by atomic mass is 9.90. The van der Waals surface area contributed by atoms with E-state index in [1.54, 1.807) is 0 Å². The van der Waals surface area contributed by atoms with Gasteiger partial charge in [-0.05, 0) is 37.5 Å². The number of carbonyl (C=O) groups excluding carboxylic acids is 1. The van der Waals surface area contributed by atoms with E-state index in [1.807, 2.05) is 6.92 Å². The Kier molecular flexibility index (Phi) is 2.14. The molecule has 0 bridgehead atoms. The summed E-state index contributed by atoms with van der Waals surface area (Å²) < 4.78 is 4.99. The smallest absolute Gasteiger partial charge is 0.333 e. The molecule has 2 aliphatic carbocycles. The van der Waals surface area contributed by atoms with Gasteiger partial charge in [0.1, 0.15) is 0 Å². The highest BCUT2D eigenvalue weighted by Gasteiger charge is 2.43. The zero-order valence-corrected chi connectivity index (χ0v) is 8.25. The Morgan fingerprint density at radius 3 is 3.08 bits per heavy atom. The van der Waals surface area contributed by atoms with Crippen LogP contribution in [0.4, 0.5) is 0 Å². The first-order valence-corrected chi connectivity index (χ1v) is 5.10. The van der Waals surface area contributed by atoms with E-state index in [4.69, 9.17) is 4.74 Å². The van der Waals surface area contributed by atoms with Gasteiger partial charge in [0.05, 0.1) is 6.61 Å². The van der Waals surface area contributed by atoms with Gasteiger partial charge in [-0.3, -0.25) is 0 Å². The fraction of sp³-hybridized carbons (Fsp3) is 0.727. The van der Waals surface area contributed by atoms with Crippen LogP contribution in [0.3, 0.4) is 0 Å². The van der Waals surface area contributed by atoms with Crippen LogP contribution in [0.2, 0.25) is 0 Å². The number of rotatable bonds is 2. The standard InChI is InChI=1S/C11H16O2/c1-3-13-11(12)9-4-7(2)10-6-8(10)5-9/h5,7-8,10H,3-4,6H2,1-2H3. The molecule has 2 heteroatoms. The summed E-state index contributed by atoms with van der Waals surface area (Å²) in [5, 5.41) is 0. The minimum atomic E-state index is -0.0975. The van der Waals surface area contributed by atoms with Gasteiger partial charge in [0.25, 0.3) is 0 Å². The second-order valence-electron chi connectivity index (χ2n) is 4.16. The lowest BCUT2D eigenvalue weighted by Gasteiger charge is -2.17. The molecule has 0 saturated heterocycles. The summed E-state index contributed by atoms with van der Waals surface area (Å²) in [7, 11) is 0. The molecule has 2 aliphatic rings. The molecule has 0 aromatic rings. The quantitative estimate of drug-likeness (QED) is 0.609. The van der Waals surface area contributed by atoms with Crippen LogP contribution in [-0.4, -0.2) is 12.6 Å². The second-order valence-corrected chi connectivity index (χ2v) is 4.16. The van der Waals surface area contributed by atoms with Gasteiger partial charge in [-0.15, -0.1) is 0 Å². The zero-order valence-electron chi connectivity index (χ0n) is 8.25. The minimum absolute atomic E-state index is 0.0975. The van der Waals surface area contributed by atoms with Gasteiger partial charge in [0.2, 0.25) is 0 Å². The Morgan fingerprint density at radius 1 is 1.69 bits per heavy atom. The van der Waals surface area contributed by atoms with E-state index in [9.17, 15) is 4.79 Å². The lowest BCUT2D eigenvalue weighted by Crippen LogP contribution is -2.15. The Bertz CT molecular complexity index is 255. The Balaban J connectivity index is 2.03. The first kappa shape index (κ1) is 8.79. The number of fused-ring (bicyclic) bond motifs is 1.